The summed E-state index contributed by atoms with van der Waals surface area (Å²) in [5.74, 6) is 0. The largest absolute Gasteiger partial charge is 0.296 e. The van der Waals surface area contributed by atoms with Gasteiger partial charge in [0.05, 0.1) is 5.69 Å². The Morgan fingerprint density at radius 1 is 1.42 bits per heavy atom. The lowest BCUT2D eigenvalue weighted by Gasteiger charge is -2.25. The van der Waals surface area contributed by atoms with E-state index in [1.165, 1.54) is 0 Å². The Morgan fingerprint density at radius 3 is 2.74 bits per heavy atom. The molecule has 0 aliphatic carbocycles. The maximum absolute atomic E-state index is 5.78. The first kappa shape index (κ1) is 15.6. The van der Waals surface area contributed by atoms with Gasteiger partial charge in [-0.1, -0.05) is 18.7 Å². The molecule has 0 amide bonds. The number of hydrogen-bond donors (Lipinski definition) is 0. The lowest BCUT2D eigenvalue weighted by Crippen LogP contribution is -2.29. The number of hydrogen-bond acceptors (Lipinski definition) is 3. The lowest BCUT2D eigenvalue weighted by atomic mass is 10.1. The van der Waals surface area contributed by atoms with Crippen molar-refractivity contribution >= 4 is 17.7 Å². The van der Waals surface area contributed by atoms with Gasteiger partial charge in [0.25, 0.3) is 0 Å². The monoisotopic (exact) mass is 277 g/mol. The highest BCUT2D eigenvalue weighted by Crippen LogP contribution is 2.15. The van der Waals surface area contributed by atoms with Gasteiger partial charge in [0.15, 0.2) is 0 Å². The smallest absolute Gasteiger partial charge is 0.222 e. The minimum atomic E-state index is 0.244. The van der Waals surface area contributed by atoms with Crippen molar-refractivity contribution in [3.8, 4) is 0 Å². The molecule has 1 heterocycles. The van der Waals surface area contributed by atoms with Gasteiger partial charge in [0.2, 0.25) is 5.28 Å². The summed E-state index contributed by atoms with van der Waals surface area (Å²) >= 11 is 5.78. The molecule has 0 saturated carbocycles. The van der Waals surface area contributed by atoms with Gasteiger partial charge >= 0.3 is 0 Å². The molecule has 19 heavy (non-hydrogen) atoms. The number of aromatic nitrogens is 2. The van der Waals surface area contributed by atoms with E-state index in [2.05, 4.69) is 41.7 Å². The van der Waals surface area contributed by atoms with Crippen LogP contribution in [0.5, 0.6) is 0 Å². The predicted molar refractivity (Wildman–Crippen MR) is 82.0 cm³/mol. The van der Waals surface area contributed by atoms with Crippen LogP contribution in [0.3, 0.4) is 0 Å². The van der Waals surface area contributed by atoms with Crippen LogP contribution in [0.4, 0.5) is 0 Å². The second kappa shape index (κ2) is 7.87. The third kappa shape index (κ3) is 4.62. The molecular weight excluding hydrogens is 258 g/mol. The van der Waals surface area contributed by atoms with Gasteiger partial charge in [0.1, 0.15) is 0 Å². The molecule has 0 aromatic carbocycles. The molecule has 0 spiro atoms. The van der Waals surface area contributed by atoms with E-state index >= 15 is 0 Å². The van der Waals surface area contributed by atoms with E-state index in [0.29, 0.717) is 6.04 Å². The minimum Gasteiger partial charge on any atom is -0.296 e. The van der Waals surface area contributed by atoms with Crippen molar-refractivity contribution < 1.29 is 0 Å². The van der Waals surface area contributed by atoms with Crippen LogP contribution < -0.4 is 0 Å². The Bertz CT molecular complexity index is 457. The van der Waals surface area contributed by atoms with E-state index < -0.39 is 0 Å². The molecule has 0 saturated heterocycles. The Balaban J connectivity index is 2.79. The van der Waals surface area contributed by atoms with E-state index in [9.17, 15) is 0 Å². The first-order valence-corrected chi connectivity index (χ1v) is 6.57. The van der Waals surface area contributed by atoms with Crippen molar-refractivity contribution in [2.45, 2.75) is 25.4 Å². The summed E-state index contributed by atoms with van der Waals surface area (Å²) < 4.78 is 0. The zero-order valence-electron chi connectivity index (χ0n) is 11.3. The van der Waals surface area contributed by atoms with Gasteiger partial charge in [-0.2, -0.15) is 0 Å². The number of halogens is 1. The molecule has 102 valence electrons. The van der Waals surface area contributed by atoms with Crippen molar-refractivity contribution in [2.24, 2.45) is 0 Å². The van der Waals surface area contributed by atoms with Crippen LogP contribution in [0.2, 0.25) is 5.28 Å². The summed E-state index contributed by atoms with van der Waals surface area (Å²) in [6.07, 6.45) is 9.28. The van der Waals surface area contributed by atoms with Crippen molar-refractivity contribution in [3.63, 3.8) is 0 Å². The molecule has 0 bridgehead atoms. The summed E-state index contributed by atoms with van der Waals surface area (Å²) in [6.45, 7) is 12.1. The summed E-state index contributed by atoms with van der Waals surface area (Å²) in [6, 6.07) is 0.298. The highest BCUT2D eigenvalue weighted by Gasteiger charge is 2.13. The van der Waals surface area contributed by atoms with Crippen LogP contribution in [0.15, 0.2) is 38.1 Å². The van der Waals surface area contributed by atoms with Gasteiger partial charge < -0.3 is 0 Å². The molecule has 1 atom stereocenters. The second-order valence-electron chi connectivity index (χ2n) is 4.34. The molecular formula is C15H20ClN3. The average Bonchev–Trinajstić information content (AvgIpc) is 2.41. The Labute approximate surface area is 120 Å². The van der Waals surface area contributed by atoms with E-state index in [0.717, 1.165) is 30.6 Å². The van der Waals surface area contributed by atoms with E-state index in [4.69, 9.17) is 11.6 Å². The normalized spacial score (nSPS) is 12.2. The van der Waals surface area contributed by atoms with Gasteiger partial charge in [-0.3, -0.25) is 4.90 Å². The van der Waals surface area contributed by atoms with Crippen LogP contribution in [0.25, 0.3) is 6.08 Å². The van der Waals surface area contributed by atoms with Gasteiger partial charge in [0, 0.05) is 24.3 Å². The van der Waals surface area contributed by atoms with Crippen molar-refractivity contribution in [3.05, 3.63) is 54.6 Å². The minimum absolute atomic E-state index is 0.244. The van der Waals surface area contributed by atoms with Crippen LogP contribution in [0, 0.1) is 0 Å². The highest BCUT2D eigenvalue weighted by molar-refractivity contribution is 6.28. The highest BCUT2D eigenvalue weighted by atomic mass is 35.5. The Kier molecular flexibility index (Phi) is 6.46. The fraction of sp³-hybridized carbons (Fsp3) is 0.333. The molecule has 1 aromatic rings. The second-order valence-corrected chi connectivity index (χ2v) is 4.68. The quantitative estimate of drug-likeness (QED) is 0.536. The van der Waals surface area contributed by atoms with Crippen molar-refractivity contribution in [1.29, 1.82) is 0 Å². The Morgan fingerprint density at radius 2 is 2.16 bits per heavy atom. The molecule has 0 radical (unpaired) electrons. The van der Waals surface area contributed by atoms with Gasteiger partial charge in [-0.05, 0) is 37.6 Å². The number of likely N-dealkylation sites (N-methyl/N-ethyl adjacent to an activating group) is 1. The fourth-order valence-corrected chi connectivity index (χ4v) is 2.03. The third-order valence-corrected chi connectivity index (χ3v) is 3.17. The predicted octanol–water partition coefficient (Wildman–Crippen LogP) is 3.73. The van der Waals surface area contributed by atoms with E-state index in [-0.39, 0.29) is 5.28 Å². The molecule has 0 aliphatic rings. The molecule has 0 N–H and O–H groups in total. The number of allylic oxidation sites excluding steroid dienone is 1. The van der Waals surface area contributed by atoms with Crippen LogP contribution in [0.1, 0.15) is 24.1 Å². The first-order chi connectivity index (χ1) is 9.12. The zero-order chi connectivity index (χ0) is 14.3. The third-order valence-electron chi connectivity index (χ3n) is 2.99. The Hall–Kier alpha value is -1.45. The fourth-order valence-electron chi connectivity index (χ4n) is 1.89. The molecule has 3 nitrogen and oxygen atoms in total. The summed E-state index contributed by atoms with van der Waals surface area (Å²) in [7, 11) is 2.05. The van der Waals surface area contributed by atoms with E-state index in [1.54, 1.807) is 12.3 Å². The maximum Gasteiger partial charge on any atom is 0.222 e. The van der Waals surface area contributed by atoms with Gasteiger partial charge in [-0.25, -0.2) is 9.97 Å². The number of nitrogens with zero attached hydrogens (tertiary/aromatic N) is 3. The van der Waals surface area contributed by atoms with Crippen LogP contribution >= 0.6 is 11.6 Å². The van der Waals surface area contributed by atoms with Crippen LogP contribution in [-0.4, -0.2) is 28.0 Å². The molecule has 1 rings (SSSR count). The zero-order valence-corrected chi connectivity index (χ0v) is 12.1. The molecule has 1 aromatic heterocycles. The first-order valence-electron chi connectivity index (χ1n) is 6.20. The van der Waals surface area contributed by atoms with Crippen molar-refractivity contribution in [1.82, 2.24) is 14.9 Å². The number of rotatable bonds is 8. The summed E-state index contributed by atoms with van der Waals surface area (Å²) in [5, 5.41) is 0.244. The van der Waals surface area contributed by atoms with Gasteiger partial charge in [-0.15, -0.1) is 13.2 Å². The SMILES string of the molecule is C=CCCC(C=C)N(C)Cc1cnc(Cl)nc1C=C. The molecule has 0 aliphatic heterocycles. The average molecular weight is 278 g/mol. The van der Waals surface area contributed by atoms with E-state index in [1.807, 2.05) is 12.2 Å². The molecule has 1 unspecified atom stereocenters. The van der Waals surface area contributed by atoms with Crippen molar-refractivity contribution in [2.75, 3.05) is 7.05 Å². The summed E-state index contributed by atoms with van der Waals surface area (Å²) in [4.78, 5) is 10.4. The summed E-state index contributed by atoms with van der Waals surface area (Å²) in [5.41, 5.74) is 1.78. The van der Waals surface area contributed by atoms with Crippen LogP contribution in [-0.2, 0) is 6.54 Å². The topological polar surface area (TPSA) is 29.0 Å². The lowest BCUT2D eigenvalue weighted by molar-refractivity contribution is 0.263. The standard InChI is InChI=1S/C15H20ClN3/c1-5-8-9-13(6-2)19(4)11-12-10-17-15(16)18-14(12)7-3/h5-7,10,13H,1-3,8-9,11H2,4H3. The molecule has 0 fully saturated rings. The maximum atomic E-state index is 5.78. The molecule has 4 heteroatoms.